The molecule has 2 aromatic heterocycles. The Bertz CT molecular complexity index is 476. The van der Waals surface area contributed by atoms with E-state index in [2.05, 4.69) is 10.4 Å². The van der Waals surface area contributed by atoms with Gasteiger partial charge in [0.15, 0.2) is 0 Å². The Kier molecular flexibility index (Phi) is 3.71. The summed E-state index contributed by atoms with van der Waals surface area (Å²) in [6.07, 6.45) is -1.36. The van der Waals surface area contributed by atoms with Crippen LogP contribution < -0.4 is 5.32 Å². The zero-order valence-corrected chi connectivity index (χ0v) is 9.44. The van der Waals surface area contributed by atoms with Crippen LogP contribution in [0.1, 0.15) is 11.5 Å². The Labute approximate surface area is 101 Å². The number of nitrogens with zero attached hydrogens (tertiary/aromatic N) is 2. The minimum Gasteiger partial charge on any atom is -0.468 e. The first-order valence-corrected chi connectivity index (χ1v) is 5.35. The number of aromatic nitrogens is 2. The Morgan fingerprint density at radius 2 is 2.11 bits per heavy atom. The molecule has 2 heterocycles. The van der Waals surface area contributed by atoms with E-state index >= 15 is 0 Å². The molecule has 0 atom stereocenters. The molecule has 0 unspecified atom stereocenters. The summed E-state index contributed by atoms with van der Waals surface area (Å²) in [4.78, 5) is 0. The molecule has 1 N–H and O–H groups in total. The van der Waals surface area contributed by atoms with Crippen LogP contribution >= 0.6 is 0 Å². The number of alkyl halides is 3. The zero-order chi connectivity index (χ0) is 13.0. The van der Waals surface area contributed by atoms with Crippen molar-refractivity contribution in [3.63, 3.8) is 0 Å². The third-order valence-corrected chi connectivity index (χ3v) is 2.22. The summed E-state index contributed by atoms with van der Waals surface area (Å²) in [5, 5.41) is 6.85. The van der Waals surface area contributed by atoms with Gasteiger partial charge in [-0.25, -0.2) is 0 Å². The van der Waals surface area contributed by atoms with Crippen LogP contribution in [0.15, 0.2) is 35.1 Å². The zero-order valence-electron chi connectivity index (χ0n) is 9.44. The van der Waals surface area contributed by atoms with E-state index in [9.17, 15) is 13.2 Å². The number of nitrogens with one attached hydrogen (secondary N) is 1. The molecule has 98 valence electrons. The van der Waals surface area contributed by atoms with Crippen molar-refractivity contribution < 1.29 is 17.6 Å². The molecule has 0 saturated heterocycles. The van der Waals surface area contributed by atoms with Crippen molar-refractivity contribution in [3.05, 3.63) is 42.1 Å². The number of furan rings is 1. The fourth-order valence-electron chi connectivity index (χ4n) is 1.50. The van der Waals surface area contributed by atoms with E-state index < -0.39 is 12.7 Å². The largest absolute Gasteiger partial charge is 0.468 e. The van der Waals surface area contributed by atoms with Crippen molar-refractivity contribution in [1.82, 2.24) is 15.1 Å². The van der Waals surface area contributed by atoms with Crippen molar-refractivity contribution >= 4 is 0 Å². The number of rotatable bonds is 5. The number of hydrogen-bond donors (Lipinski definition) is 1. The maximum Gasteiger partial charge on any atom is 0.408 e. The molecule has 2 aromatic rings. The molecule has 0 saturated carbocycles. The maximum atomic E-state index is 12.1. The van der Waals surface area contributed by atoms with Crippen molar-refractivity contribution in [3.8, 4) is 0 Å². The third kappa shape index (κ3) is 3.92. The molecule has 0 spiro atoms. The summed E-state index contributed by atoms with van der Waals surface area (Å²) in [7, 11) is 0. The van der Waals surface area contributed by atoms with Gasteiger partial charge in [0.25, 0.3) is 0 Å². The van der Waals surface area contributed by atoms with Gasteiger partial charge < -0.3 is 9.73 Å². The van der Waals surface area contributed by atoms with Crippen molar-refractivity contribution in [2.24, 2.45) is 0 Å². The minimum absolute atomic E-state index is 0.394. The van der Waals surface area contributed by atoms with Crippen LogP contribution in [-0.2, 0) is 19.6 Å². The Balaban J connectivity index is 1.80. The van der Waals surface area contributed by atoms with Gasteiger partial charge in [-0.1, -0.05) is 0 Å². The summed E-state index contributed by atoms with van der Waals surface area (Å²) in [6, 6.07) is 5.14. The standard InChI is InChI=1S/C11H12F3N3O/c12-11(13,14)8-17-4-3-9(16-17)6-15-7-10-2-1-5-18-10/h1-5,15H,6-8H2. The second-order valence-electron chi connectivity index (χ2n) is 3.80. The maximum absolute atomic E-state index is 12.1. The first-order chi connectivity index (χ1) is 8.53. The predicted octanol–water partition coefficient (Wildman–Crippen LogP) is 2.33. The van der Waals surface area contributed by atoms with Crippen LogP contribution in [0.25, 0.3) is 0 Å². The summed E-state index contributed by atoms with van der Waals surface area (Å²) in [5.41, 5.74) is 0.561. The quantitative estimate of drug-likeness (QED) is 0.896. The van der Waals surface area contributed by atoms with Crippen molar-refractivity contribution in [1.29, 1.82) is 0 Å². The average molecular weight is 259 g/mol. The molecule has 0 aliphatic carbocycles. The smallest absolute Gasteiger partial charge is 0.408 e. The van der Waals surface area contributed by atoms with E-state index in [1.54, 1.807) is 18.4 Å². The fraction of sp³-hybridized carbons (Fsp3) is 0.364. The van der Waals surface area contributed by atoms with Gasteiger partial charge in [-0.15, -0.1) is 0 Å². The van der Waals surface area contributed by atoms with E-state index in [1.807, 2.05) is 6.07 Å². The van der Waals surface area contributed by atoms with Gasteiger partial charge in [0.2, 0.25) is 0 Å². The van der Waals surface area contributed by atoms with E-state index in [0.29, 0.717) is 18.8 Å². The lowest BCUT2D eigenvalue weighted by molar-refractivity contribution is -0.142. The molecule has 2 rings (SSSR count). The predicted molar refractivity (Wildman–Crippen MR) is 57.5 cm³/mol. The van der Waals surface area contributed by atoms with Gasteiger partial charge >= 0.3 is 6.18 Å². The fourth-order valence-corrected chi connectivity index (χ4v) is 1.50. The highest BCUT2D eigenvalue weighted by atomic mass is 19.4. The van der Waals surface area contributed by atoms with E-state index in [1.165, 1.54) is 6.20 Å². The molecule has 0 aliphatic rings. The molecule has 0 bridgehead atoms. The second kappa shape index (κ2) is 5.26. The third-order valence-electron chi connectivity index (χ3n) is 2.22. The van der Waals surface area contributed by atoms with Gasteiger partial charge in [-0.3, -0.25) is 4.68 Å². The summed E-state index contributed by atoms with van der Waals surface area (Å²) in [6.45, 7) is -0.157. The first kappa shape index (κ1) is 12.7. The van der Waals surface area contributed by atoms with Crippen LogP contribution in [0.3, 0.4) is 0 Å². The molecule has 0 aliphatic heterocycles. The van der Waals surface area contributed by atoms with Crippen LogP contribution in [0, 0.1) is 0 Å². The summed E-state index contributed by atoms with van der Waals surface area (Å²) >= 11 is 0. The highest BCUT2D eigenvalue weighted by molar-refractivity contribution is 5.01. The molecular weight excluding hydrogens is 247 g/mol. The van der Waals surface area contributed by atoms with Gasteiger partial charge in [-0.2, -0.15) is 18.3 Å². The Morgan fingerprint density at radius 3 is 2.78 bits per heavy atom. The highest BCUT2D eigenvalue weighted by Crippen LogP contribution is 2.16. The van der Waals surface area contributed by atoms with Crippen molar-refractivity contribution in [2.75, 3.05) is 0 Å². The molecule has 7 heteroatoms. The topological polar surface area (TPSA) is 43.0 Å². The van der Waals surface area contributed by atoms with Crippen LogP contribution in [0.4, 0.5) is 13.2 Å². The lowest BCUT2D eigenvalue weighted by atomic mass is 10.4. The lowest BCUT2D eigenvalue weighted by Crippen LogP contribution is -2.19. The summed E-state index contributed by atoms with van der Waals surface area (Å²) < 4.78 is 42.3. The van der Waals surface area contributed by atoms with Crippen LogP contribution in [0.2, 0.25) is 0 Å². The Hall–Kier alpha value is -1.76. The number of hydrogen-bond acceptors (Lipinski definition) is 3. The van der Waals surface area contributed by atoms with Gasteiger partial charge in [0.1, 0.15) is 12.3 Å². The Morgan fingerprint density at radius 1 is 1.28 bits per heavy atom. The average Bonchev–Trinajstić information content (AvgIpc) is 2.88. The van der Waals surface area contributed by atoms with Crippen molar-refractivity contribution in [2.45, 2.75) is 25.8 Å². The molecule has 18 heavy (non-hydrogen) atoms. The second-order valence-corrected chi connectivity index (χ2v) is 3.80. The normalized spacial score (nSPS) is 11.9. The molecule has 0 fully saturated rings. The summed E-state index contributed by atoms with van der Waals surface area (Å²) in [5.74, 6) is 0.768. The van der Waals surface area contributed by atoms with Crippen LogP contribution in [-0.4, -0.2) is 16.0 Å². The van der Waals surface area contributed by atoms with Gasteiger partial charge in [-0.05, 0) is 18.2 Å². The number of halogens is 3. The highest BCUT2D eigenvalue weighted by Gasteiger charge is 2.28. The lowest BCUT2D eigenvalue weighted by Gasteiger charge is -2.05. The van der Waals surface area contributed by atoms with Gasteiger partial charge in [0.05, 0.1) is 18.5 Å². The first-order valence-electron chi connectivity index (χ1n) is 5.35. The molecule has 0 aromatic carbocycles. The minimum atomic E-state index is -4.25. The monoisotopic (exact) mass is 259 g/mol. The molecule has 4 nitrogen and oxygen atoms in total. The van der Waals surface area contributed by atoms with Gasteiger partial charge in [0, 0.05) is 12.7 Å². The molecular formula is C11H12F3N3O. The molecule has 0 radical (unpaired) electrons. The van der Waals surface area contributed by atoms with E-state index in [-0.39, 0.29) is 0 Å². The van der Waals surface area contributed by atoms with E-state index in [4.69, 9.17) is 4.42 Å². The molecule has 0 amide bonds. The van der Waals surface area contributed by atoms with E-state index in [0.717, 1.165) is 10.4 Å². The SMILES string of the molecule is FC(F)(F)Cn1ccc(CNCc2ccco2)n1. The van der Waals surface area contributed by atoms with Crippen LogP contribution in [0.5, 0.6) is 0 Å².